The van der Waals surface area contributed by atoms with Crippen molar-refractivity contribution in [3.63, 3.8) is 0 Å². The van der Waals surface area contributed by atoms with Crippen LogP contribution in [0.25, 0.3) is 0 Å². The molecular formula is C16H24N2O3. The Hall–Kier alpha value is -1.59. The Morgan fingerprint density at radius 1 is 1.48 bits per heavy atom. The third-order valence-electron chi connectivity index (χ3n) is 3.58. The van der Waals surface area contributed by atoms with Crippen LogP contribution in [-0.2, 0) is 4.74 Å². The molecule has 1 atom stereocenters. The first kappa shape index (κ1) is 15.8. The zero-order valence-corrected chi connectivity index (χ0v) is 13.2. The number of aliphatic hydroxyl groups excluding tert-OH is 1. The molecule has 2 rings (SSSR count). The van der Waals surface area contributed by atoms with Gasteiger partial charge in [0.05, 0.1) is 18.3 Å². The first-order chi connectivity index (χ1) is 9.82. The smallest absolute Gasteiger partial charge is 0.254 e. The average molecular weight is 292 g/mol. The summed E-state index contributed by atoms with van der Waals surface area (Å²) >= 11 is 0. The van der Waals surface area contributed by atoms with E-state index < -0.39 is 5.60 Å². The van der Waals surface area contributed by atoms with Gasteiger partial charge in [0, 0.05) is 38.4 Å². The predicted octanol–water partition coefficient (Wildman–Crippen LogP) is 1.36. The Morgan fingerprint density at radius 3 is 2.81 bits per heavy atom. The Kier molecular flexibility index (Phi) is 4.54. The number of hydrogen-bond donors (Lipinski definition) is 1. The van der Waals surface area contributed by atoms with E-state index in [-0.39, 0.29) is 18.6 Å². The number of hydrogen-bond acceptors (Lipinski definition) is 4. The molecular weight excluding hydrogens is 268 g/mol. The molecule has 1 aromatic carbocycles. The van der Waals surface area contributed by atoms with Gasteiger partial charge in [-0.25, -0.2) is 0 Å². The van der Waals surface area contributed by atoms with Crippen LogP contribution in [0, 0.1) is 0 Å². The molecule has 1 amide bonds. The summed E-state index contributed by atoms with van der Waals surface area (Å²) in [5.74, 6) is -0.0199. The summed E-state index contributed by atoms with van der Waals surface area (Å²) in [4.78, 5) is 16.4. The number of ether oxygens (including phenoxy) is 1. The van der Waals surface area contributed by atoms with E-state index in [1.54, 1.807) is 4.90 Å². The second-order valence-electron chi connectivity index (χ2n) is 6.31. The van der Waals surface area contributed by atoms with Crippen molar-refractivity contribution in [1.82, 2.24) is 4.90 Å². The lowest BCUT2D eigenvalue weighted by Crippen LogP contribution is -2.55. The minimum atomic E-state index is -0.444. The van der Waals surface area contributed by atoms with Crippen LogP contribution in [0.2, 0.25) is 0 Å². The Morgan fingerprint density at radius 2 is 2.19 bits per heavy atom. The Bertz CT molecular complexity index is 514. The van der Waals surface area contributed by atoms with Gasteiger partial charge in [0.1, 0.15) is 0 Å². The molecule has 0 radical (unpaired) electrons. The highest BCUT2D eigenvalue weighted by Crippen LogP contribution is 2.23. The minimum Gasteiger partial charge on any atom is -0.394 e. The second kappa shape index (κ2) is 6.03. The van der Waals surface area contributed by atoms with Crippen molar-refractivity contribution in [2.24, 2.45) is 0 Å². The van der Waals surface area contributed by atoms with Crippen LogP contribution >= 0.6 is 0 Å². The monoisotopic (exact) mass is 292 g/mol. The van der Waals surface area contributed by atoms with E-state index in [9.17, 15) is 9.90 Å². The number of amides is 1. The number of morpholine rings is 1. The number of rotatable bonds is 3. The van der Waals surface area contributed by atoms with E-state index in [0.29, 0.717) is 18.7 Å². The molecule has 1 aliphatic heterocycles. The fraction of sp³-hybridized carbons (Fsp3) is 0.562. The maximum Gasteiger partial charge on any atom is 0.254 e. The number of carbonyl (C=O) groups excluding carboxylic acids is 1. The zero-order valence-electron chi connectivity index (χ0n) is 13.2. The summed E-state index contributed by atoms with van der Waals surface area (Å²) in [6, 6.07) is 7.57. The fourth-order valence-corrected chi connectivity index (χ4v) is 2.65. The molecule has 1 heterocycles. The van der Waals surface area contributed by atoms with Crippen molar-refractivity contribution in [3.8, 4) is 0 Å². The summed E-state index contributed by atoms with van der Waals surface area (Å²) < 4.78 is 5.75. The summed E-state index contributed by atoms with van der Waals surface area (Å²) in [6.07, 6.45) is -0.324. The summed E-state index contributed by atoms with van der Waals surface area (Å²) in [7, 11) is 3.90. The van der Waals surface area contributed by atoms with Crippen LogP contribution in [-0.4, -0.2) is 61.4 Å². The van der Waals surface area contributed by atoms with Gasteiger partial charge >= 0.3 is 0 Å². The van der Waals surface area contributed by atoms with Gasteiger partial charge < -0.3 is 19.6 Å². The van der Waals surface area contributed by atoms with Gasteiger partial charge in [-0.05, 0) is 32.0 Å². The van der Waals surface area contributed by atoms with Crippen molar-refractivity contribution in [1.29, 1.82) is 0 Å². The van der Waals surface area contributed by atoms with Crippen molar-refractivity contribution >= 4 is 11.6 Å². The third kappa shape index (κ3) is 3.74. The average Bonchev–Trinajstić information content (AvgIpc) is 2.44. The number of carbonyl (C=O) groups is 1. The third-order valence-corrected chi connectivity index (χ3v) is 3.58. The van der Waals surface area contributed by atoms with E-state index in [0.717, 1.165) is 5.69 Å². The van der Waals surface area contributed by atoms with Crippen molar-refractivity contribution < 1.29 is 14.6 Å². The molecule has 5 nitrogen and oxygen atoms in total. The lowest BCUT2D eigenvalue weighted by molar-refractivity contribution is -0.139. The van der Waals surface area contributed by atoms with Gasteiger partial charge in [-0.15, -0.1) is 0 Å². The molecule has 0 bridgehead atoms. The van der Waals surface area contributed by atoms with Gasteiger partial charge in [0.2, 0.25) is 0 Å². The van der Waals surface area contributed by atoms with Crippen LogP contribution in [0.5, 0.6) is 0 Å². The second-order valence-corrected chi connectivity index (χ2v) is 6.31. The highest BCUT2D eigenvalue weighted by Gasteiger charge is 2.35. The van der Waals surface area contributed by atoms with Crippen LogP contribution < -0.4 is 4.90 Å². The highest BCUT2D eigenvalue weighted by atomic mass is 16.5. The number of anilines is 1. The Balaban J connectivity index is 2.20. The van der Waals surface area contributed by atoms with Crippen LogP contribution in [0.3, 0.4) is 0 Å². The predicted molar refractivity (Wildman–Crippen MR) is 82.7 cm³/mol. The van der Waals surface area contributed by atoms with Gasteiger partial charge in [-0.3, -0.25) is 4.79 Å². The molecule has 0 spiro atoms. The molecule has 21 heavy (non-hydrogen) atoms. The molecule has 5 heteroatoms. The largest absolute Gasteiger partial charge is 0.394 e. The van der Waals surface area contributed by atoms with Crippen LogP contribution in [0.1, 0.15) is 24.2 Å². The molecule has 116 valence electrons. The summed E-state index contributed by atoms with van der Waals surface area (Å²) in [6.45, 7) is 4.74. The molecule has 0 aromatic heterocycles. The molecule has 1 unspecified atom stereocenters. The first-order valence-electron chi connectivity index (χ1n) is 7.18. The van der Waals surface area contributed by atoms with Crippen molar-refractivity contribution in [3.05, 3.63) is 29.8 Å². The van der Waals surface area contributed by atoms with Crippen LogP contribution in [0.15, 0.2) is 24.3 Å². The number of nitrogens with zero attached hydrogens (tertiary/aromatic N) is 2. The van der Waals surface area contributed by atoms with E-state index in [2.05, 4.69) is 0 Å². The van der Waals surface area contributed by atoms with Gasteiger partial charge in [0.15, 0.2) is 0 Å². The molecule has 0 saturated carbocycles. The summed E-state index contributed by atoms with van der Waals surface area (Å²) in [5.41, 5.74) is 1.21. The molecule has 1 aliphatic rings. The molecule has 1 fully saturated rings. The molecule has 1 aromatic rings. The van der Waals surface area contributed by atoms with Gasteiger partial charge in [-0.1, -0.05) is 6.07 Å². The van der Waals surface area contributed by atoms with E-state index in [1.165, 1.54) is 0 Å². The normalized spacial score (nSPS) is 21.2. The van der Waals surface area contributed by atoms with Gasteiger partial charge in [0.25, 0.3) is 5.91 Å². The summed E-state index contributed by atoms with van der Waals surface area (Å²) in [5, 5.41) is 9.34. The lowest BCUT2D eigenvalue weighted by Gasteiger charge is -2.42. The number of aliphatic hydroxyl groups is 1. The zero-order chi connectivity index (χ0) is 15.6. The first-order valence-corrected chi connectivity index (χ1v) is 7.18. The topological polar surface area (TPSA) is 53.0 Å². The van der Waals surface area contributed by atoms with Gasteiger partial charge in [-0.2, -0.15) is 0 Å². The van der Waals surface area contributed by atoms with Crippen LogP contribution in [0.4, 0.5) is 5.69 Å². The fourth-order valence-electron chi connectivity index (χ4n) is 2.65. The molecule has 0 aliphatic carbocycles. The standard InChI is InChI=1S/C16H24N2O3/c1-16(2)11-18(9-14(10-19)21-16)15(20)12-6-5-7-13(8-12)17(3)4/h5-8,14,19H,9-11H2,1-4H3. The van der Waals surface area contributed by atoms with Crippen molar-refractivity contribution in [2.75, 3.05) is 38.7 Å². The Labute approximate surface area is 126 Å². The maximum atomic E-state index is 12.7. The van der Waals surface area contributed by atoms with E-state index in [4.69, 9.17) is 4.74 Å². The molecule has 1 saturated heterocycles. The van der Waals surface area contributed by atoms with E-state index >= 15 is 0 Å². The minimum absolute atomic E-state index is 0.0199. The molecule has 1 N–H and O–H groups in total. The van der Waals surface area contributed by atoms with E-state index in [1.807, 2.05) is 57.1 Å². The van der Waals surface area contributed by atoms with Crippen molar-refractivity contribution in [2.45, 2.75) is 25.6 Å². The maximum absolute atomic E-state index is 12.7. The number of benzene rings is 1. The lowest BCUT2D eigenvalue weighted by atomic mass is 10.0. The quantitative estimate of drug-likeness (QED) is 0.914. The SMILES string of the molecule is CN(C)c1cccc(C(=O)N2CC(CO)OC(C)(C)C2)c1. The highest BCUT2D eigenvalue weighted by molar-refractivity contribution is 5.95.